The van der Waals surface area contributed by atoms with Gasteiger partial charge in [-0.15, -0.1) is 0 Å². The number of nitrogens with zero attached hydrogens (tertiary/aromatic N) is 5. The third kappa shape index (κ3) is 3.21. The first-order valence-corrected chi connectivity index (χ1v) is 8.99. The summed E-state index contributed by atoms with van der Waals surface area (Å²) in [5, 5.41) is 0. The molecule has 0 bridgehead atoms. The average molecular weight is 323 g/mol. The maximum absolute atomic E-state index is 4.59. The Labute approximate surface area is 143 Å². The van der Waals surface area contributed by atoms with E-state index in [0.29, 0.717) is 0 Å². The van der Waals surface area contributed by atoms with Crippen molar-refractivity contribution in [1.82, 2.24) is 15.0 Å². The molecule has 1 atom stereocenters. The summed E-state index contributed by atoms with van der Waals surface area (Å²) >= 11 is 0. The first kappa shape index (κ1) is 15.4. The van der Waals surface area contributed by atoms with Gasteiger partial charge in [0.25, 0.3) is 0 Å². The van der Waals surface area contributed by atoms with Crippen LogP contribution < -0.4 is 9.80 Å². The quantitative estimate of drug-likeness (QED) is 0.869. The molecule has 0 N–H and O–H groups in total. The molecule has 4 rings (SSSR count). The Hall–Kier alpha value is -2.17. The van der Waals surface area contributed by atoms with Gasteiger partial charge in [-0.05, 0) is 55.7 Å². The Balaban J connectivity index is 1.33. The largest absolute Gasteiger partial charge is 0.356 e. The fourth-order valence-electron chi connectivity index (χ4n) is 4.05. The lowest BCUT2D eigenvalue weighted by atomic mass is 9.84. The monoisotopic (exact) mass is 323 g/mol. The normalized spacial score (nSPS) is 22.1. The number of piperidine rings is 1. The van der Waals surface area contributed by atoms with E-state index in [1.54, 1.807) is 0 Å². The first-order valence-electron chi connectivity index (χ1n) is 8.99. The maximum atomic E-state index is 4.59. The minimum Gasteiger partial charge on any atom is -0.356 e. The van der Waals surface area contributed by atoms with Gasteiger partial charge in [0.1, 0.15) is 5.82 Å². The molecule has 2 aliphatic heterocycles. The third-order valence-corrected chi connectivity index (χ3v) is 5.49. The summed E-state index contributed by atoms with van der Waals surface area (Å²) in [6.07, 6.45) is 9.43. The van der Waals surface area contributed by atoms with E-state index in [2.05, 4.69) is 43.8 Å². The first-order chi connectivity index (χ1) is 11.8. The lowest BCUT2D eigenvalue weighted by molar-refractivity contribution is 0.293. The highest BCUT2D eigenvalue weighted by molar-refractivity contribution is 5.40. The second kappa shape index (κ2) is 6.75. The number of aryl methyl sites for hydroxylation is 1. The standard InChI is InChI=1S/C19H25N5/c1-15-3-4-18(22-13-15)24-12-7-17(14-24)16-5-10-23(11-6-16)19-20-8-2-9-21-19/h2-4,8-9,13,16-17H,5-7,10-12,14H2,1H3. The SMILES string of the molecule is Cc1ccc(N2CCC(C3CCN(c4ncccn4)CC3)C2)nc1. The van der Waals surface area contributed by atoms with Gasteiger partial charge >= 0.3 is 0 Å². The maximum Gasteiger partial charge on any atom is 0.225 e. The predicted molar refractivity (Wildman–Crippen MR) is 96.3 cm³/mol. The van der Waals surface area contributed by atoms with Crippen molar-refractivity contribution in [3.8, 4) is 0 Å². The van der Waals surface area contributed by atoms with E-state index >= 15 is 0 Å². The molecule has 5 heteroatoms. The minimum absolute atomic E-state index is 0.798. The molecule has 0 saturated carbocycles. The van der Waals surface area contributed by atoms with Gasteiger partial charge in [0.15, 0.2) is 0 Å². The fraction of sp³-hybridized carbons (Fsp3) is 0.526. The van der Waals surface area contributed by atoms with E-state index in [-0.39, 0.29) is 0 Å². The molecule has 24 heavy (non-hydrogen) atoms. The summed E-state index contributed by atoms with van der Waals surface area (Å²) < 4.78 is 0. The zero-order valence-electron chi connectivity index (χ0n) is 14.3. The van der Waals surface area contributed by atoms with Crippen LogP contribution in [0.5, 0.6) is 0 Å². The van der Waals surface area contributed by atoms with E-state index in [1.165, 1.54) is 24.8 Å². The Kier molecular flexibility index (Phi) is 4.32. The number of hydrogen-bond donors (Lipinski definition) is 0. The molecule has 126 valence electrons. The van der Waals surface area contributed by atoms with Gasteiger partial charge in [-0.25, -0.2) is 15.0 Å². The van der Waals surface area contributed by atoms with Crippen molar-refractivity contribution < 1.29 is 0 Å². The molecule has 0 spiro atoms. The van der Waals surface area contributed by atoms with Crippen LogP contribution in [-0.4, -0.2) is 41.1 Å². The topological polar surface area (TPSA) is 45.2 Å². The molecule has 5 nitrogen and oxygen atoms in total. The molecular weight excluding hydrogens is 298 g/mol. The highest BCUT2D eigenvalue weighted by atomic mass is 15.3. The summed E-state index contributed by atoms with van der Waals surface area (Å²) in [4.78, 5) is 18.1. The minimum atomic E-state index is 0.798. The van der Waals surface area contributed by atoms with Crippen LogP contribution in [-0.2, 0) is 0 Å². The van der Waals surface area contributed by atoms with Crippen LogP contribution in [0, 0.1) is 18.8 Å². The van der Waals surface area contributed by atoms with E-state index in [9.17, 15) is 0 Å². The molecule has 2 aliphatic rings. The van der Waals surface area contributed by atoms with Crippen molar-refractivity contribution >= 4 is 11.8 Å². The molecular formula is C19H25N5. The highest BCUT2D eigenvalue weighted by Gasteiger charge is 2.32. The molecule has 0 aliphatic carbocycles. The molecule has 1 unspecified atom stereocenters. The number of aromatic nitrogens is 3. The zero-order valence-corrected chi connectivity index (χ0v) is 14.3. The smallest absolute Gasteiger partial charge is 0.225 e. The second-order valence-electron chi connectivity index (χ2n) is 7.06. The second-order valence-corrected chi connectivity index (χ2v) is 7.06. The van der Waals surface area contributed by atoms with Crippen molar-refractivity contribution in [2.75, 3.05) is 36.0 Å². The zero-order chi connectivity index (χ0) is 16.4. The third-order valence-electron chi connectivity index (χ3n) is 5.49. The molecule has 0 radical (unpaired) electrons. The summed E-state index contributed by atoms with van der Waals surface area (Å²) in [5.41, 5.74) is 1.23. The number of pyridine rings is 1. The predicted octanol–water partition coefficient (Wildman–Crippen LogP) is 2.92. The van der Waals surface area contributed by atoms with Crippen LogP contribution >= 0.6 is 0 Å². The van der Waals surface area contributed by atoms with Gasteiger partial charge in [0, 0.05) is 44.8 Å². The summed E-state index contributed by atoms with van der Waals surface area (Å²) in [6, 6.07) is 6.20. The van der Waals surface area contributed by atoms with Gasteiger partial charge in [0.2, 0.25) is 5.95 Å². The van der Waals surface area contributed by atoms with E-state index in [4.69, 9.17) is 0 Å². The Morgan fingerprint density at radius 1 is 0.875 bits per heavy atom. The number of rotatable bonds is 3. The summed E-state index contributed by atoms with van der Waals surface area (Å²) in [7, 11) is 0. The molecule has 4 heterocycles. The van der Waals surface area contributed by atoms with Crippen molar-refractivity contribution in [2.45, 2.75) is 26.2 Å². The number of anilines is 2. The van der Waals surface area contributed by atoms with Crippen LogP contribution in [0.2, 0.25) is 0 Å². The van der Waals surface area contributed by atoms with Crippen LogP contribution in [0.4, 0.5) is 11.8 Å². The molecule has 0 amide bonds. The van der Waals surface area contributed by atoms with Crippen LogP contribution in [0.25, 0.3) is 0 Å². The van der Waals surface area contributed by atoms with Gasteiger partial charge in [-0.2, -0.15) is 0 Å². The van der Waals surface area contributed by atoms with Gasteiger partial charge in [-0.1, -0.05) is 6.07 Å². The van der Waals surface area contributed by atoms with E-state index in [1.807, 2.05) is 24.7 Å². The summed E-state index contributed by atoms with van der Waals surface area (Å²) in [5.74, 6) is 3.64. The molecule has 2 aromatic heterocycles. The lowest BCUT2D eigenvalue weighted by Gasteiger charge is -2.34. The molecule has 2 aromatic rings. The Bertz CT molecular complexity index is 649. The highest BCUT2D eigenvalue weighted by Crippen LogP contribution is 2.34. The van der Waals surface area contributed by atoms with Crippen molar-refractivity contribution in [1.29, 1.82) is 0 Å². The molecule has 0 aromatic carbocycles. The van der Waals surface area contributed by atoms with E-state index < -0.39 is 0 Å². The van der Waals surface area contributed by atoms with Crippen LogP contribution in [0.3, 0.4) is 0 Å². The number of hydrogen-bond acceptors (Lipinski definition) is 5. The molecule has 2 saturated heterocycles. The van der Waals surface area contributed by atoms with Gasteiger partial charge in [0.05, 0.1) is 0 Å². The van der Waals surface area contributed by atoms with Crippen LogP contribution in [0.15, 0.2) is 36.8 Å². The van der Waals surface area contributed by atoms with Crippen LogP contribution in [0.1, 0.15) is 24.8 Å². The average Bonchev–Trinajstić information content (AvgIpc) is 3.13. The van der Waals surface area contributed by atoms with Crippen molar-refractivity contribution in [3.63, 3.8) is 0 Å². The van der Waals surface area contributed by atoms with Gasteiger partial charge < -0.3 is 9.80 Å². The van der Waals surface area contributed by atoms with Crippen molar-refractivity contribution in [2.24, 2.45) is 11.8 Å². The summed E-state index contributed by atoms with van der Waals surface area (Å²) in [6.45, 7) is 6.54. The van der Waals surface area contributed by atoms with E-state index in [0.717, 1.165) is 49.8 Å². The fourth-order valence-corrected chi connectivity index (χ4v) is 4.05. The molecule has 2 fully saturated rings. The Morgan fingerprint density at radius 2 is 1.58 bits per heavy atom. The van der Waals surface area contributed by atoms with Crippen molar-refractivity contribution in [3.05, 3.63) is 42.4 Å². The lowest BCUT2D eigenvalue weighted by Crippen LogP contribution is -2.37. The Morgan fingerprint density at radius 3 is 2.29 bits per heavy atom. The van der Waals surface area contributed by atoms with Gasteiger partial charge in [-0.3, -0.25) is 0 Å².